The van der Waals surface area contributed by atoms with Crippen LogP contribution in [0.4, 0.5) is 13.2 Å². The van der Waals surface area contributed by atoms with E-state index in [1.807, 2.05) is 18.2 Å². The highest BCUT2D eigenvalue weighted by Gasteiger charge is 2.42. The van der Waals surface area contributed by atoms with Gasteiger partial charge in [-0.15, -0.1) is 0 Å². The van der Waals surface area contributed by atoms with Crippen molar-refractivity contribution in [2.75, 3.05) is 6.54 Å². The van der Waals surface area contributed by atoms with Gasteiger partial charge >= 0.3 is 6.18 Å². The Morgan fingerprint density at radius 2 is 1.71 bits per heavy atom. The second-order valence-corrected chi connectivity index (χ2v) is 9.66. The number of carbonyl (C=O) groups is 2. The lowest BCUT2D eigenvalue weighted by Gasteiger charge is -2.29. The summed E-state index contributed by atoms with van der Waals surface area (Å²) in [5.41, 5.74) is 1.70. The minimum atomic E-state index is -4.48. The third-order valence-electron chi connectivity index (χ3n) is 7.58. The van der Waals surface area contributed by atoms with E-state index in [2.05, 4.69) is 17.4 Å². The van der Waals surface area contributed by atoms with Crippen LogP contribution < -0.4 is 5.32 Å². The third kappa shape index (κ3) is 4.54. The number of benzene rings is 2. The zero-order chi connectivity index (χ0) is 24.7. The number of aliphatic hydroxyl groups is 1. The first kappa shape index (κ1) is 23.5. The Morgan fingerprint density at radius 3 is 2.40 bits per heavy atom. The van der Waals surface area contributed by atoms with Gasteiger partial charge in [-0.25, -0.2) is 0 Å². The van der Waals surface area contributed by atoms with Crippen LogP contribution in [0.1, 0.15) is 66.3 Å². The summed E-state index contributed by atoms with van der Waals surface area (Å²) in [6.45, 7) is -0.115. The summed E-state index contributed by atoms with van der Waals surface area (Å²) in [7, 11) is 0. The van der Waals surface area contributed by atoms with Crippen molar-refractivity contribution >= 4 is 11.8 Å². The van der Waals surface area contributed by atoms with E-state index in [0.29, 0.717) is 24.3 Å². The molecule has 2 aromatic rings. The highest BCUT2D eigenvalue weighted by Crippen LogP contribution is 2.42. The molecule has 5 rings (SSSR count). The second-order valence-electron chi connectivity index (χ2n) is 9.66. The van der Waals surface area contributed by atoms with Crippen LogP contribution in [0, 0.1) is 0 Å². The lowest BCUT2D eigenvalue weighted by atomic mass is 9.82. The number of alkyl halides is 3. The van der Waals surface area contributed by atoms with E-state index < -0.39 is 35.4 Å². The first-order valence-electron chi connectivity index (χ1n) is 12.0. The smallest absolute Gasteiger partial charge is 0.416 e. The van der Waals surface area contributed by atoms with Crippen LogP contribution >= 0.6 is 0 Å². The van der Waals surface area contributed by atoms with Crippen LogP contribution in [0.15, 0.2) is 59.9 Å². The van der Waals surface area contributed by atoms with Gasteiger partial charge in [0.1, 0.15) is 0 Å². The van der Waals surface area contributed by atoms with E-state index in [9.17, 15) is 27.9 Å². The average molecular weight is 485 g/mol. The van der Waals surface area contributed by atoms with E-state index in [-0.39, 0.29) is 18.2 Å². The van der Waals surface area contributed by atoms with Gasteiger partial charge in [0.25, 0.3) is 11.8 Å². The molecule has 0 radical (unpaired) electrons. The number of hydrogen-bond acceptors (Lipinski definition) is 3. The van der Waals surface area contributed by atoms with E-state index >= 15 is 0 Å². The summed E-state index contributed by atoms with van der Waals surface area (Å²) in [5.74, 6) is -1.35. The number of nitrogens with one attached hydrogen (secondary N) is 1. The van der Waals surface area contributed by atoms with Crippen molar-refractivity contribution in [2.45, 2.75) is 62.7 Å². The molecule has 3 aliphatic rings. The molecule has 2 aromatic carbocycles. The van der Waals surface area contributed by atoms with Gasteiger partial charge in [-0.2, -0.15) is 13.2 Å². The minimum absolute atomic E-state index is 0.0133. The fourth-order valence-corrected chi connectivity index (χ4v) is 5.66. The molecule has 1 aliphatic heterocycles. The zero-order valence-electron chi connectivity index (χ0n) is 19.1. The molecular formula is C27H27F3N2O3. The number of carbonyl (C=O) groups excluding carboxylic acids is 2. The summed E-state index contributed by atoms with van der Waals surface area (Å²) in [4.78, 5) is 27.1. The molecule has 2 amide bonds. The fourth-order valence-electron chi connectivity index (χ4n) is 5.66. The topological polar surface area (TPSA) is 69.6 Å². The Kier molecular flexibility index (Phi) is 6.07. The Labute approximate surface area is 201 Å². The maximum atomic E-state index is 13.2. The number of fused-ring (bicyclic) bond motifs is 1. The molecule has 8 heteroatoms. The molecule has 184 valence electrons. The SMILES string of the molecule is O=C(NC1CCC(c2ccccc2)CC1)C1=C(O)C(=O)N([C@@H]2CCc3ccc(C(F)(F)F)cc32)C1. The number of nitrogens with zero attached hydrogens (tertiary/aromatic N) is 1. The Morgan fingerprint density at radius 1 is 1.00 bits per heavy atom. The van der Waals surface area contributed by atoms with Gasteiger partial charge in [0.15, 0.2) is 5.76 Å². The van der Waals surface area contributed by atoms with Crippen molar-refractivity contribution < 1.29 is 27.9 Å². The molecule has 0 bridgehead atoms. The van der Waals surface area contributed by atoms with Gasteiger partial charge in [0.05, 0.1) is 23.7 Å². The summed E-state index contributed by atoms with van der Waals surface area (Å²) < 4.78 is 39.7. The van der Waals surface area contributed by atoms with Crippen molar-refractivity contribution in [3.8, 4) is 0 Å². The molecule has 0 spiro atoms. The van der Waals surface area contributed by atoms with Crippen LogP contribution in [-0.2, 0) is 22.2 Å². The lowest BCUT2D eigenvalue weighted by Crippen LogP contribution is -2.39. The summed E-state index contributed by atoms with van der Waals surface area (Å²) >= 11 is 0. The molecule has 2 N–H and O–H groups in total. The predicted molar refractivity (Wildman–Crippen MR) is 123 cm³/mol. The van der Waals surface area contributed by atoms with Crippen molar-refractivity contribution in [3.05, 3.63) is 82.1 Å². The first-order valence-corrected chi connectivity index (χ1v) is 12.0. The molecule has 1 saturated carbocycles. The summed E-state index contributed by atoms with van der Waals surface area (Å²) in [6, 6.07) is 13.2. The first-order chi connectivity index (χ1) is 16.7. The maximum Gasteiger partial charge on any atom is 0.416 e. The summed E-state index contributed by atoms with van der Waals surface area (Å²) in [6.07, 6.45) is -0.0254. The van der Waals surface area contributed by atoms with Crippen molar-refractivity contribution in [2.24, 2.45) is 0 Å². The zero-order valence-corrected chi connectivity index (χ0v) is 19.1. The Hall–Kier alpha value is -3.29. The fraction of sp³-hybridized carbons (Fsp3) is 0.407. The average Bonchev–Trinajstić information content (AvgIpc) is 3.40. The predicted octanol–water partition coefficient (Wildman–Crippen LogP) is 5.19. The number of hydrogen-bond donors (Lipinski definition) is 2. The minimum Gasteiger partial charge on any atom is -0.503 e. The highest BCUT2D eigenvalue weighted by atomic mass is 19.4. The molecule has 5 nitrogen and oxygen atoms in total. The molecule has 35 heavy (non-hydrogen) atoms. The largest absolute Gasteiger partial charge is 0.503 e. The van der Waals surface area contributed by atoms with Gasteiger partial charge in [0, 0.05) is 6.04 Å². The Bertz CT molecular complexity index is 1170. The maximum absolute atomic E-state index is 13.2. The molecule has 2 aliphatic carbocycles. The standard InChI is InChI=1S/C27H27F3N2O3/c28-27(29,30)19-10-6-18-9-13-23(21(18)14-19)32-15-22(24(33)26(32)35)25(34)31-20-11-7-17(8-12-20)16-4-2-1-3-5-16/h1-6,10,14,17,20,23,33H,7-9,11-13,15H2,(H,31,34)/t17?,20?,23-/m1/s1. The van der Waals surface area contributed by atoms with Crippen LogP contribution in [0.25, 0.3) is 0 Å². The molecule has 1 fully saturated rings. The normalized spacial score (nSPS) is 24.6. The van der Waals surface area contributed by atoms with E-state index in [4.69, 9.17) is 0 Å². The number of amides is 2. The molecule has 0 aromatic heterocycles. The van der Waals surface area contributed by atoms with Gasteiger partial charge < -0.3 is 15.3 Å². The van der Waals surface area contributed by atoms with Crippen LogP contribution in [0.3, 0.4) is 0 Å². The monoisotopic (exact) mass is 484 g/mol. The number of rotatable bonds is 4. The third-order valence-corrected chi connectivity index (χ3v) is 7.58. The van der Waals surface area contributed by atoms with Crippen LogP contribution in [0.2, 0.25) is 0 Å². The van der Waals surface area contributed by atoms with Crippen LogP contribution in [-0.4, -0.2) is 34.4 Å². The molecule has 1 heterocycles. The van der Waals surface area contributed by atoms with E-state index in [1.54, 1.807) is 0 Å². The van der Waals surface area contributed by atoms with Crippen molar-refractivity contribution in [3.63, 3.8) is 0 Å². The summed E-state index contributed by atoms with van der Waals surface area (Å²) in [5, 5.41) is 13.4. The van der Waals surface area contributed by atoms with E-state index in [1.165, 1.54) is 16.5 Å². The molecule has 1 atom stereocenters. The molecule has 0 saturated heterocycles. The van der Waals surface area contributed by atoms with Gasteiger partial charge in [-0.05, 0) is 73.3 Å². The highest BCUT2D eigenvalue weighted by molar-refractivity contribution is 6.07. The lowest BCUT2D eigenvalue weighted by molar-refractivity contribution is -0.137. The van der Waals surface area contributed by atoms with Crippen LogP contribution in [0.5, 0.6) is 0 Å². The number of aryl methyl sites for hydroxylation is 1. The van der Waals surface area contributed by atoms with Gasteiger partial charge in [-0.1, -0.05) is 36.4 Å². The van der Waals surface area contributed by atoms with Crippen molar-refractivity contribution in [1.82, 2.24) is 10.2 Å². The molecule has 0 unspecified atom stereocenters. The number of aliphatic hydroxyl groups excluding tert-OH is 1. The number of halogens is 3. The Balaban J connectivity index is 1.24. The van der Waals surface area contributed by atoms with Gasteiger partial charge in [0.2, 0.25) is 0 Å². The second kappa shape index (κ2) is 9.06. The molecular weight excluding hydrogens is 457 g/mol. The quantitative estimate of drug-likeness (QED) is 0.628. The van der Waals surface area contributed by atoms with E-state index in [0.717, 1.165) is 43.4 Å². The van der Waals surface area contributed by atoms with Crippen molar-refractivity contribution in [1.29, 1.82) is 0 Å². The van der Waals surface area contributed by atoms with Gasteiger partial charge in [-0.3, -0.25) is 9.59 Å².